The van der Waals surface area contributed by atoms with Crippen molar-refractivity contribution in [2.75, 3.05) is 7.05 Å². The van der Waals surface area contributed by atoms with Crippen molar-refractivity contribution in [2.45, 2.75) is 0 Å². The SMILES string of the molecule is C=C/C=C\C(=C(\I)NC)c1ncncn1. The molecule has 0 aliphatic carbocycles. The van der Waals surface area contributed by atoms with Gasteiger partial charge in [-0.2, -0.15) is 0 Å². The Balaban J connectivity index is 3.13. The van der Waals surface area contributed by atoms with Gasteiger partial charge in [-0.15, -0.1) is 0 Å². The molecular formula is C10H11IN4. The summed E-state index contributed by atoms with van der Waals surface area (Å²) < 4.78 is 0.969. The highest BCUT2D eigenvalue weighted by molar-refractivity contribution is 14.1. The summed E-state index contributed by atoms with van der Waals surface area (Å²) >= 11 is 2.19. The molecule has 15 heavy (non-hydrogen) atoms. The molecule has 78 valence electrons. The maximum atomic E-state index is 4.09. The van der Waals surface area contributed by atoms with Gasteiger partial charge in [0.25, 0.3) is 0 Å². The zero-order chi connectivity index (χ0) is 11.1. The first-order valence-electron chi connectivity index (χ1n) is 4.28. The minimum absolute atomic E-state index is 0.641. The van der Waals surface area contributed by atoms with Crippen LogP contribution in [0.2, 0.25) is 0 Å². The molecule has 4 nitrogen and oxygen atoms in total. The second-order valence-electron chi connectivity index (χ2n) is 2.53. The molecule has 1 aromatic heterocycles. The van der Waals surface area contributed by atoms with Gasteiger partial charge in [0.15, 0.2) is 5.82 Å². The van der Waals surface area contributed by atoms with Crippen LogP contribution in [0.3, 0.4) is 0 Å². The quantitative estimate of drug-likeness (QED) is 0.524. The number of halogens is 1. The summed E-state index contributed by atoms with van der Waals surface area (Å²) in [7, 11) is 1.85. The minimum Gasteiger partial charge on any atom is -0.383 e. The average molecular weight is 314 g/mol. The number of nitrogens with zero attached hydrogens (tertiary/aromatic N) is 3. The van der Waals surface area contributed by atoms with Crippen molar-refractivity contribution in [3.8, 4) is 0 Å². The normalized spacial score (nSPS) is 12.4. The fourth-order valence-electron chi connectivity index (χ4n) is 0.923. The van der Waals surface area contributed by atoms with Gasteiger partial charge in [0.05, 0.1) is 3.70 Å². The maximum absolute atomic E-state index is 4.09. The Bertz CT molecular complexity index is 384. The van der Waals surface area contributed by atoms with Gasteiger partial charge >= 0.3 is 0 Å². The van der Waals surface area contributed by atoms with Gasteiger partial charge in [0.1, 0.15) is 12.7 Å². The summed E-state index contributed by atoms with van der Waals surface area (Å²) in [5.41, 5.74) is 0.917. The lowest BCUT2D eigenvalue weighted by Gasteiger charge is -2.04. The Morgan fingerprint density at radius 2 is 2.13 bits per heavy atom. The highest BCUT2D eigenvalue weighted by atomic mass is 127. The van der Waals surface area contributed by atoms with E-state index in [4.69, 9.17) is 0 Å². The van der Waals surface area contributed by atoms with E-state index in [0.29, 0.717) is 5.82 Å². The zero-order valence-electron chi connectivity index (χ0n) is 8.31. The topological polar surface area (TPSA) is 50.7 Å². The van der Waals surface area contributed by atoms with E-state index in [9.17, 15) is 0 Å². The number of aromatic nitrogens is 3. The van der Waals surface area contributed by atoms with Gasteiger partial charge in [0, 0.05) is 12.6 Å². The van der Waals surface area contributed by atoms with Crippen LogP contribution in [-0.2, 0) is 0 Å². The van der Waals surface area contributed by atoms with Gasteiger partial charge in [0.2, 0.25) is 0 Å². The fourth-order valence-corrected chi connectivity index (χ4v) is 1.34. The molecule has 0 bridgehead atoms. The molecule has 0 aliphatic rings. The molecule has 5 heteroatoms. The second-order valence-corrected chi connectivity index (χ2v) is 3.61. The van der Waals surface area contributed by atoms with Gasteiger partial charge in [-0.05, 0) is 28.7 Å². The van der Waals surface area contributed by atoms with Crippen LogP contribution in [0, 0.1) is 0 Å². The first kappa shape index (κ1) is 11.8. The Morgan fingerprint density at radius 3 is 2.67 bits per heavy atom. The summed E-state index contributed by atoms with van der Waals surface area (Å²) in [6.07, 6.45) is 8.41. The van der Waals surface area contributed by atoms with Gasteiger partial charge < -0.3 is 5.32 Å². The van der Waals surface area contributed by atoms with Crippen molar-refractivity contribution < 1.29 is 0 Å². The lowest BCUT2D eigenvalue weighted by atomic mass is 10.2. The number of rotatable bonds is 4. The maximum Gasteiger partial charge on any atom is 0.165 e. The van der Waals surface area contributed by atoms with Crippen LogP contribution in [0.1, 0.15) is 5.82 Å². The highest BCUT2D eigenvalue weighted by Crippen LogP contribution is 2.18. The molecule has 0 fully saturated rings. The Kier molecular flexibility index (Phi) is 4.96. The third-order valence-electron chi connectivity index (χ3n) is 1.59. The average Bonchev–Trinajstić information content (AvgIpc) is 2.30. The molecule has 0 radical (unpaired) electrons. The van der Waals surface area contributed by atoms with Crippen LogP contribution < -0.4 is 5.32 Å². The molecule has 0 spiro atoms. The number of allylic oxidation sites excluding steroid dienone is 4. The van der Waals surface area contributed by atoms with E-state index in [2.05, 4.69) is 49.4 Å². The summed E-state index contributed by atoms with van der Waals surface area (Å²) in [5, 5.41) is 3.05. The Morgan fingerprint density at radius 1 is 1.47 bits per heavy atom. The molecule has 1 heterocycles. The van der Waals surface area contributed by atoms with Gasteiger partial charge in [-0.1, -0.05) is 18.7 Å². The van der Waals surface area contributed by atoms with Crippen molar-refractivity contribution in [3.05, 3.63) is 47.0 Å². The molecule has 0 saturated carbocycles. The first-order valence-corrected chi connectivity index (χ1v) is 5.36. The van der Waals surface area contributed by atoms with Gasteiger partial charge in [-0.25, -0.2) is 15.0 Å². The predicted octanol–water partition coefficient (Wildman–Crippen LogP) is 1.94. The lowest BCUT2D eigenvalue weighted by Crippen LogP contribution is -2.04. The molecule has 0 unspecified atom stereocenters. The van der Waals surface area contributed by atoms with E-state index in [1.807, 2.05) is 19.2 Å². The molecule has 1 rings (SSSR count). The second kappa shape index (κ2) is 6.28. The van der Waals surface area contributed by atoms with Crippen LogP contribution in [-0.4, -0.2) is 22.0 Å². The Hall–Kier alpha value is -1.24. The molecule has 1 aromatic rings. The summed E-state index contributed by atoms with van der Waals surface area (Å²) in [5.74, 6) is 0.641. The summed E-state index contributed by atoms with van der Waals surface area (Å²) in [6, 6.07) is 0. The molecule has 0 atom stereocenters. The van der Waals surface area contributed by atoms with Crippen LogP contribution in [0.25, 0.3) is 5.57 Å². The van der Waals surface area contributed by atoms with E-state index >= 15 is 0 Å². The van der Waals surface area contributed by atoms with Crippen molar-refractivity contribution in [3.63, 3.8) is 0 Å². The summed E-state index contributed by atoms with van der Waals surface area (Å²) in [6.45, 7) is 3.63. The van der Waals surface area contributed by atoms with E-state index in [1.165, 1.54) is 12.7 Å². The van der Waals surface area contributed by atoms with Crippen LogP contribution >= 0.6 is 22.6 Å². The monoisotopic (exact) mass is 314 g/mol. The fraction of sp³-hybridized carbons (Fsp3) is 0.100. The van der Waals surface area contributed by atoms with Crippen molar-refractivity contribution in [1.29, 1.82) is 0 Å². The Labute approximate surface area is 102 Å². The smallest absolute Gasteiger partial charge is 0.165 e. The number of nitrogens with one attached hydrogen (secondary N) is 1. The summed E-state index contributed by atoms with van der Waals surface area (Å²) in [4.78, 5) is 12.0. The molecule has 0 saturated heterocycles. The van der Waals surface area contributed by atoms with Crippen LogP contribution in [0.4, 0.5) is 0 Å². The number of hydrogen-bond acceptors (Lipinski definition) is 4. The molecule has 0 aliphatic heterocycles. The third kappa shape index (κ3) is 3.43. The van der Waals surface area contributed by atoms with Crippen molar-refractivity contribution >= 4 is 28.2 Å². The zero-order valence-corrected chi connectivity index (χ0v) is 10.5. The number of hydrogen-bond donors (Lipinski definition) is 1. The van der Waals surface area contributed by atoms with E-state index in [1.54, 1.807) is 6.08 Å². The highest BCUT2D eigenvalue weighted by Gasteiger charge is 2.05. The lowest BCUT2D eigenvalue weighted by molar-refractivity contribution is 1.01. The van der Waals surface area contributed by atoms with Crippen LogP contribution in [0.5, 0.6) is 0 Å². The van der Waals surface area contributed by atoms with E-state index in [-0.39, 0.29) is 0 Å². The minimum atomic E-state index is 0.641. The molecule has 0 amide bonds. The largest absolute Gasteiger partial charge is 0.383 e. The van der Waals surface area contributed by atoms with Crippen molar-refractivity contribution in [1.82, 2.24) is 20.3 Å². The van der Waals surface area contributed by atoms with Gasteiger partial charge in [-0.3, -0.25) is 0 Å². The van der Waals surface area contributed by atoms with E-state index in [0.717, 1.165) is 9.28 Å². The standard InChI is InChI=1S/C10H11IN4/c1-3-4-5-8(9(11)12-2)10-14-6-13-7-15-10/h3-7,12H,1H2,2H3/b5-4-,9-8+. The van der Waals surface area contributed by atoms with Crippen LogP contribution in [0.15, 0.2) is 41.2 Å². The van der Waals surface area contributed by atoms with Crippen molar-refractivity contribution in [2.24, 2.45) is 0 Å². The molecule has 1 N–H and O–H groups in total. The predicted molar refractivity (Wildman–Crippen MR) is 69.2 cm³/mol. The molecular weight excluding hydrogens is 303 g/mol. The molecule has 0 aromatic carbocycles. The first-order chi connectivity index (χ1) is 7.29. The van der Waals surface area contributed by atoms with E-state index < -0.39 is 0 Å². The third-order valence-corrected chi connectivity index (χ3v) is 2.71.